The predicted molar refractivity (Wildman–Crippen MR) is 176 cm³/mol. The highest BCUT2D eigenvalue weighted by atomic mass is 32.2. The lowest BCUT2D eigenvalue weighted by molar-refractivity contribution is -0.382. The van der Waals surface area contributed by atoms with Crippen molar-refractivity contribution in [1.82, 2.24) is 0 Å². The standard InChI is InChI=1S/C33H32O.C4HF9O3S/c1-2-3-21-34-32-20-19-28(26-15-9-10-16-29(26)32)30-18-17-27-25-14-8-7-13-24(25)22-31(27)33(30)23-11-5-4-6-12-23;5-1(6,3(9,10)11)2(7,8)4(12,13)17(14,15)16/h5,7-11,13-20,23H,2-4,6,12,21-22H2,1H3;(H,14,15,16). The first-order valence-electron chi connectivity index (χ1n) is 16.1. The van der Waals surface area contributed by atoms with Gasteiger partial charge in [-0.3, -0.25) is 4.55 Å². The Bertz CT molecular complexity index is 2040. The van der Waals surface area contributed by atoms with Gasteiger partial charge in [-0.25, -0.2) is 0 Å². The molecule has 0 bridgehead atoms. The topological polar surface area (TPSA) is 63.6 Å². The van der Waals surface area contributed by atoms with Crippen LogP contribution in [0, 0.1) is 0 Å². The molecule has 0 aliphatic heterocycles. The van der Waals surface area contributed by atoms with Crippen molar-refractivity contribution in [2.24, 2.45) is 0 Å². The Morgan fingerprint density at radius 3 is 2.02 bits per heavy atom. The first-order valence-corrected chi connectivity index (χ1v) is 17.5. The first-order chi connectivity index (χ1) is 23.8. The number of allylic oxidation sites excluding steroid dienone is 2. The van der Waals surface area contributed by atoms with E-state index in [9.17, 15) is 47.9 Å². The van der Waals surface area contributed by atoms with Crippen LogP contribution in [-0.2, 0) is 16.5 Å². The van der Waals surface area contributed by atoms with Gasteiger partial charge in [-0.15, -0.1) is 0 Å². The third-order valence-corrected chi connectivity index (χ3v) is 9.93. The Morgan fingerprint density at radius 1 is 0.765 bits per heavy atom. The smallest absolute Gasteiger partial charge is 0.460 e. The molecule has 1 N–H and O–H groups in total. The Morgan fingerprint density at radius 2 is 1.39 bits per heavy atom. The summed E-state index contributed by atoms with van der Waals surface area (Å²) in [4.78, 5) is 0. The fourth-order valence-corrected chi connectivity index (χ4v) is 6.88. The molecule has 2 aliphatic rings. The Kier molecular flexibility index (Phi) is 10.6. The van der Waals surface area contributed by atoms with Gasteiger partial charge in [0, 0.05) is 11.3 Å². The molecule has 0 amide bonds. The van der Waals surface area contributed by atoms with E-state index in [0.29, 0.717) is 5.92 Å². The average Bonchev–Trinajstić information content (AvgIpc) is 3.46. The van der Waals surface area contributed by atoms with Gasteiger partial charge in [-0.1, -0.05) is 92.2 Å². The summed E-state index contributed by atoms with van der Waals surface area (Å²) in [5, 5.41) is -4.50. The number of benzene rings is 4. The molecule has 0 spiro atoms. The van der Waals surface area contributed by atoms with Crippen molar-refractivity contribution in [2.45, 2.75) is 74.6 Å². The second-order valence-electron chi connectivity index (χ2n) is 12.3. The Labute approximate surface area is 288 Å². The molecule has 1 unspecified atom stereocenters. The molecule has 0 fully saturated rings. The number of hydrogen-bond acceptors (Lipinski definition) is 3. The van der Waals surface area contributed by atoms with Crippen molar-refractivity contribution in [3.8, 4) is 28.0 Å². The molecule has 51 heavy (non-hydrogen) atoms. The molecule has 0 saturated heterocycles. The van der Waals surface area contributed by atoms with Crippen molar-refractivity contribution in [3.05, 3.63) is 102 Å². The summed E-state index contributed by atoms with van der Waals surface area (Å²) in [6.07, 6.45) is 4.69. The van der Waals surface area contributed by atoms with Crippen LogP contribution >= 0.6 is 0 Å². The zero-order valence-corrected chi connectivity index (χ0v) is 27.9. The SMILES string of the molecule is CCCCOc1ccc(-c2ccc3c(c2C2C=CCCC2)Cc2ccccc2-3)c2ccccc12.O=S(=O)(O)C(F)(F)C(F)(F)C(F)(F)C(F)(F)F. The van der Waals surface area contributed by atoms with Crippen LogP contribution in [-0.4, -0.2) is 42.9 Å². The van der Waals surface area contributed by atoms with E-state index in [1.54, 1.807) is 0 Å². The van der Waals surface area contributed by atoms with Gasteiger partial charge in [-0.05, 0) is 82.5 Å². The van der Waals surface area contributed by atoms with Crippen LogP contribution in [0.2, 0.25) is 0 Å². The minimum Gasteiger partial charge on any atom is -0.493 e. The Balaban J connectivity index is 0.000000253. The van der Waals surface area contributed by atoms with E-state index in [4.69, 9.17) is 9.29 Å². The van der Waals surface area contributed by atoms with Crippen molar-refractivity contribution >= 4 is 20.9 Å². The molecule has 4 nitrogen and oxygen atoms in total. The minimum absolute atomic E-state index is 0.479. The number of fused-ring (bicyclic) bond motifs is 4. The maximum Gasteiger partial charge on any atom is 0.460 e. The summed E-state index contributed by atoms with van der Waals surface area (Å²) in [6.45, 7) is 2.98. The van der Waals surface area contributed by atoms with E-state index >= 15 is 0 Å². The van der Waals surface area contributed by atoms with Crippen molar-refractivity contribution in [1.29, 1.82) is 0 Å². The molecule has 14 heteroatoms. The van der Waals surface area contributed by atoms with Crippen LogP contribution in [0.25, 0.3) is 33.0 Å². The van der Waals surface area contributed by atoms with Gasteiger partial charge in [-0.2, -0.15) is 47.9 Å². The summed E-state index contributed by atoms with van der Waals surface area (Å²) in [5.41, 5.74) is 10.1. The van der Waals surface area contributed by atoms with E-state index in [-0.39, 0.29) is 0 Å². The molecule has 0 heterocycles. The van der Waals surface area contributed by atoms with E-state index in [1.165, 1.54) is 69.0 Å². The molecule has 1 atom stereocenters. The first kappa shape index (κ1) is 38.2. The second kappa shape index (κ2) is 14.2. The fraction of sp³-hybridized carbons (Fsp3) is 0.351. The third-order valence-electron chi connectivity index (χ3n) is 9.03. The van der Waals surface area contributed by atoms with Crippen LogP contribution in [0.3, 0.4) is 0 Å². The quantitative estimate of drug-likeness (QED) is 0.0706. The van der Waals surface area contributed by atoms with Gasteiger partial charge in [0.1, 0.15) is 5.75 Å². The van der Waals surface area contributed by atoms with E-state index in [2.05, 4.69) is 91.9 Å². The number of unbranched alkanes of at least 4 members (excludes halogenated alkanes) is 1. The number of alkyl halides is 9. The molecular formula is C37H33F9O4S. The zero-order valence-electron chi connectivity index (χ0n) is 27.1. The number of hydrogen-bond donors (Lipinski definition) is 1. The predicted octanol–water partition coefficient (Wildman–Crippen LogP) is 11.4. The van der Waals surface area contributed by atoms with Gasteiger partial charge in [0.15, 0.2) is 0 Å². The van der Waals surface area contributed by atoms with Crippen LogP contribution in [0.4, 0.5) is 39.5 Å². The largest absolute Gasteiger partial charge is 0.493 e. The second-order valence-corrected chi connectivity index (χ2v) is 13.8. The fourth-order valence-electron chi connectivity index (χ4n) is 6.43. The molecular weight excluding hydrogens is 711 g/mol. The monoisotopic (exact) mass is 744 g/mol. The van der Waals surface area contributed by atoms with Gasteiger partial charge >= 0.3 is 33.4 Å². The maximum absolute atomic E-state index is 12.2. The minimum atomic E-state index is -7.37. The molecule has 6 rings (SSSR count). The highest BCUT2D eigenvalue weighted by Crippen LogP contribution is 2.54. The summed E-state index contributed by atoms with van der Waals surface area (Å²) in [5.74, 6) is -13.2. The summed E-state index contributed by atoms with van der Waals surface area (Å²) in [6, 6.07) is 26.9. The molecule has 4 aromatic rings. The third kappa shape index (κ3) is 6.96. The van der Waals surface area contributed by atoms with Crippen LogP contribution in [0.1, 0.15) is 61.6 Å². The number of halogens is 9. The van der Waals surface area contributed by atoms with Crippen LogP contribution < -0.4 is 4.74 Å². The molecule has 4 aromatic carbocycles. The molecule has 0 radical (unpaired) electrons. The Hall–Kier alpha value is -4.04. The number of rotatable bonds is 9. The molecule has 2 aliphatic carbocycles. The van der Waals surface area contributed by atoms with Crippen molar-refractivity contribution in [3.63, 3.8) is 0 Å². The van der Waals surface area contributed by atoms with Gasteiger partial charge in [0.25, 0.3) is 0 Å². The van der Waals surface area contributed by atoms with E-state index in [1.807, 2.05) is 0 Å². The van der Waals surface area contributed by atoms with Crippen molar-refractivity contribution in [2.75, 3.05) is 6.61 Å². The van der Waals surface area contributed by atoms with E-state index in [0.717, 1.165) is 31.6 Å². The summed E-state index contributed by atoms with van der Waals surface area (Å²) < 4.78 is 140. The lowest BCUT2D eigenvalue weighted by atomic mass is 9.79. The zero-order chi connectivity index (χ0) is 37.4. The van der Waals surface area contributed by atoms with E-state index < -0.39 is 33.4 Å². The molecule has 0 aromatic heterocycles. The lowest BCUT2D eigenvalue weighted by Crippen LogP contribution is -2.63. The molecule has 0 saturated carbocycles. The highest BCUT2D eigenvalue weighted by Gasteiger charge is 2.85. The molecule has 274 valence electrons. The van der Waals surface area contributed by atoms with Gasteiger partial charge < -0.3 is 4.74 Å². The normalized spacial score (nSPS) is 16.3. The maximum atomic E-state index is 12.2. The van der Waals surface area contributed by atoms with Crippen LogP contribution in [0.15, 0.2) is 84.9 Å². The van der Waals surface area contributed by atoms with Crippen LogP contribution in [0.5, 0.6) is 5.75 Å². The number of ether oxygens (including phenoxy) is 1. The lowest BCUT2D eigenvalue weighted by Gasteiger charge is -2.31. The van der Waals surface area contributed by atoms with Gasteiger partial charge in [0.05, 0.1) is 6.61 Å². The highest BCUT2D eigenvalue weighted by molar-refractivity contribution is 7.87. The average molecular weight is 745 g/mol. The van der Waals surface area contributed by atoms with Gasteiger partial charge in [0.2, 0.25) is 0 Å². The summed E-state index contributed by atoms with van der Waals surface area (Å²) >= 11 is 0. The van der Waals surface area contributed by atoms with Crippen molar-refractivity contribution < 1.29 is 57.2 Å². The summed E-state index contributed by atoms with van der Waals surface area (Å²) in [7, 11) is -7.17.